The Labute approximate surface area is 179 Å². The van der Waals surface area contributed by atoms with Gasteiger partial charge in [0.1, 0.15) is 5.75 Å². The molecule has 138 valence electrons. The molecule has 2 nitrogen and oxygen atoms in total. The van der Waals surface area contributed by atoms with Crippen LogP contribution >= 0.6 is 27.2 Å². The van der Waals surface area contributed by atoms with Crippen LogP contribution in [0.15, 0.2) is 71.7 Å². The van der Waals surface area contributed by atoms with Crippen molar-refractivity contribution < 1.29 is 22.1 Å². The Balaban J connectivity index is 0.000000817. The number of aryl methyl sites for hydroxylation is 2. The first-order valence-electron chi connectivity index (χ1n) is 8.26. The molecular formula is C21H20Cl2NOPTi. The molecule has 3 rings (SSSR count). The van der Waals surface area contributed by atoms with Crippen LogP contribution in [0.2, 0.25) is 0 Å². The number of para-hydroxylation sites is 1. The molecule has 0 aromatic heterocycles. The van der Waals surface area contributed by atoms with Crippen molar-refractivity contribution in [3.8, 4) is 5.75 Å². The molecule has 1 atom stereocenters. The Morgan fingerprint density at radius 1 is 0.963 bits per heavy atom. The van der Waals surface area contributed by atoms with E-state index in [0.717, 1.165) is 22.1 Å². The summed E-state index contributed by atoms with van der Waals surface area (Å²) < 4.78 is 0. The second-order valence-corrected chi connectivity index (χ2v) is 9.72. The molecule has 0 heterocycles. The summed E-state index contributed by atoms with van der Waals surface area (Å²) in [5.74, 6) is 0.355. The van der Waals surface area contributed by atoms with Gasteiger partial charge in [0.15, 0.2) is 0 Å². The predicted molar refractivity (Wildman–Crippen MR) is 117 cm³/mol. The second-order valence-electron chi connectivity index (χ2n) is 5.85. The van der Waals surface area contributed by atoms with Crippen LogP contribution in [-0.4, -0.2) is 11.3 Å². The first-order chi connectivity index (χ1) is 13.0. The standard InChI is InChI=1S/C21H20NOP.2ClH.Ti/c1-15-11-12-19(23)20(13-15)24-21-16(2)7-6-8-17(21)14-22-18-9-4-3-5-10-18;;;/h3-14,23-24H,1-2H3;2*1H;/q;;;+2/p-2. The summed E-state index contributed by atoms with van der Waals surface area (Å²) in [6.07, 6.45) is 1.91. The molecule has 3 aromatic carbocycles. The van der Waals surface area contributed by atoms with Crippen molar-refractivity contribution in [3.05, 3.63) is 83.4 Å². The van der Waals surface area contributed by atoms with Crippen LogP contribution in [0.25, 0.3) is 0 Å². The molecular weight excluding hydrogens is 432 g/mol. The zero-order valence-corrected chi connectivity index (χ0v) is 19.2. The molecule has 1 N–H and O–H groups in total. The van der Waals surface area contributed by atoms with Crippen LogP contribution < -0.4 is 10.6 Å². The van der Waals surface area contributed by atoms with Gasteiger partial charge < -0.3 is 5.11 Å². The van der Waals surface area contributed by atoms with E-state index >= 15 is 0 Å². The minimum absolute atomic E-state index is 0.355. The molecule has 0 saturated carbocycles. The summed E-state index contributed by atoms with van der Waals surface area (Å²) in [7, 11) is 10.2. The van der Waals surface area contributed by atoms with Crippen LogP contribution in [0.4, 0.5) is 5.69 Å². The van der Waals surface area contributed by atoms with Crippen LogP contribution in [0.1, 0.15) is 16.7 Å². The van der Waals surface area contributed by atoms with E-state index in [4.69, 9.17) is 18.6 Å². The topological polar surface area (TPSA) is 32.6 Å². The maximum atomic E-state index is 10.2. The zero-order valence-electron chi connectivity index (χ0n) is 15.1. The molecule has 27 heavy (non-hydrogen) atoms. The van der Waals surface area contributed by atoms with Gasteiger partial charge in [0.25, 0.3) is 0 Å². The Morgan fingerprint density at radius 2 is 1.67 bits per heavy atom. The molecule has 0 spiro atoms. The maximum absolute atomic E-state index is 10.2. The molecule has 0 aliphatic heterocycles. The second kappa shape index (κ2) is 11.6. The molecule has 0 radical (unpaired) electrons. The molecule has 1 unspecified atom stereocenters. The number of hydrogen-bond donors (Lipinski definition) is 1. The van der Waals surface area contributed by atoms with Gasteiger partial charge >= 0.3 is 35.6 Å². The van der Waals surface area contributed by atoms with Gasteiger partial charge in [-0.15, -0.1) is 0 Å². The molecule has 0 fully saturated rings. The van der Waals surface area contributed by atoms with Gasteiger partial charge in [0, 0.05) is 17.1 Å². The van der Waals surface area contributed by atoms with E-state index in [2.05, 4.69) is 30.1 Å². The van der Waals surface area contributed by atoms with E-state index < -0.39 is 17.0 Å². The van der Waals surface area contributed by atoms with Crippen LogP contribution in [0.5, 0.6) is 5.75 Å². The third-order valence-corrected chi connectivity index (χ3v) is 5.43. The van der Waals surface area contributed by atoms with Crippen molar-refractivity contribution in [2.45, 2.75) is 13.8 Å². The van der Waals surface area contributed by atoms with Gasteiger partial charge in [-0.3, -0.25) is 4.99 Å². The summed E-state index contributed by atoms with van der Waals surface area (Å²) in [6, 6.07) is 21.9. The Morgan fingerprint density at radius 3 is 2.37 bits per heavy atom. The van der Waals surface area contributed by atoms with E-state index in [0.29, 0.717) is 14.3 Å². The van der Waals surface area contributed by atoms with Gasteiger partial charge in [-0.2, -0.15) is 0 Å². The fraction of sp³-hybridized carbons (Fsp3) is 0.0952. The molecule has 0 bridgehead atoms. The van der Waals surface area contributed by atoms with E-state index in [9.17, 15) is 5.11 Å². The number of hydrogen-bond acceptors (Lipinski definition) is 2. The molecule has 6 heteroatoms. The quantitative estimate of drug-likeness (QED) is 0.305. The average molecular weight is 452 g/mol. The SMILES string of the molecule is Cc1ccc(O)c(Pc2c(C)cccc2C=Nc2ccccc2)c1.[Cl][Ti][Cl]. The summed E-state index contributed by atoms with van der Waals surface area (Å²) in [5.41, 5.74) is 4.40. The van der Waals surface area contributed by atoms with Gasteiger partial charge in [-0.25, -0.2) is 0 Å². The Hall–Kier alpha value is -1.15. The molecule has 0 aliphatic rings. The van der Waals surface area contributed by atoms with Crippen molar-refractivity contribution in [2.75, 3.05) is 0 Å². The van der Waals surface area contributed by atoms with Gasteiger partial charge in [0.2, 0.25) is 0 Å². The van der Waals surface area contributed by atoms with Gasteiger partial charge in [0.05, 0.1) is 5.69 Å². The fourth-order valence-electron chi connectivity index (χ4n) is 2.51. The van der Waals surface area contributed by atoms with Crippen molar-refractivity contribution in [2.24, 2.45) is 4.99 Å². The van der Waals surface area contributed by atoms with E-state index in [-0.39, 0.29) is 0 Å². The number of aromatic hydroxyl groups is 1. The van der Waals surface area contributed by atoms with Crippen molar-refractivity contribution >= 4 is 49.7 Å². The fourth-order valence-corrected chi connectivity index (χ4v) is 3.86. The monoisotopic (exact) mass is 451 g/mol. The molecule has 0 amide bonds. The number of nitrogens with zero attached hydrogens (tertiary/aromatic N) is 1. The van der Waals surface area contributed by atoms with Gasteiger partial charge in [-0.1, -0.05) is 56.6 Å². The summed E-state index contributed by atoms with van der Waals surface area (Å²) in [6.45, 7) is 4.15. The van der Waals surface area contributed by atoms with Crippen LogP contribution in [-0.2, 0) is 17.0 Å². The molecule has 0 aliphatic carbocycles. The summed E-state index contributed by atoms with van der Waals surface area (Å²) >= 11 is -0.556. The van der Waals surface area contributed by atoms with Gasteiger partial charge in [-0.05, 0) is 49.0 Å². The normalized spacial score (nSPS) is 10.8. The third-order valence-electron chi connectivity index (χ3n) is 3.83. The number of benzene rings is 3. The summed E-state index contributed by atoms with van der Waals surface area (Å²) in [4.78, 5) is 4.58. The predicted octanol–water partition coefficient (Wildman–Crippen LogP) is 5.77. The van der Waals surface area contributed by atoms with Crippen LogP contribution in [0.3, 0.4) is 0 Å². The Kier molecular flexibility index (Phi) is 9.55. The number of phenolic OH excluding ortho intramolecular Hbond substituents is 1. The zero-order chi connectivity index (χ0) is 19.6. The van der Waals surface area contributed by atoms with Crippen molar-refractivity contribution in [3.63, 3.8) is 0 Å². The van der Waals surface area contributed by atoms with E-state index in [1.165, 1.54) is 10.9 Å². The third kappa shape index (κ3) is 7.07. The molecule has 3 aromatic rings. The average Bonchev–Trinajstić information content (AvgIpc) is 2.66. The van der Waals surface area contributed by atoms with E-state index in [1.807, 2.05) is 55.6 Å². The van der Waals surface area contributed by atoms with Crippen molar-refractivity contribution in [1.29, 1.82) is 0 Å². The summed E-state index contributed by atoms with van der Waals surface area (Å²) in [5, 5.41) is 12.4. The first-order valence-corrected chi connectivity index (χ1v) is 13.6. The Bertz CT molecular complexity index is 904. The number of aliphatic imine (C=N–C) groups is 1. The number of phenols is 1. The van der Waals surface area contributed by atoms with E-state index in [1.54, 1.807) is 6.07 Å². The number of halogens is 2. The molecule has 0 saturated heterocycles. The first kappa shape index (κ1) is 22.1. The van der Waals surface area contributed by atoms with Crippen LogP contribution in [0, 0.1) is 13.8 Å². The minimum atomic E-state index is -0.556. The van der Waals surface area contributed by atoms with Crippen molar-refractivity contribution in [1.82, 2.24) is 0 Å². The number of rotatable bonds is 4.